The lowest BCUT2D eigenvalue weighted by molar-refractivity contribution is 0.601. The van der Waals surface area contributed by atoms with Crippen molar-refractivity contribution in [3.05, 3.63) is 71.8 Å². The first-order valence-electron chi connectivity index (χ1n) is 7.47. The van der Waals surface area contributed by atoms with Gasteiger partial charge in [0.05, 0.1) is 17.8 Å². The Morgan fingerprint density at radius 2 is 1.84 bits per heavy atom. The molecule has 0 aliphatic carbocycles. The van der Waals surface area contributed by atoms with E-state index in [1.807, 2.05) is 0 Å². The maximum atomic E-state index is 13.7. The number of aromatic nitrogens is 5. The van der Waals surface area contributed by atoms with Gasteiger partial charge in [-0.1, -0.05) is 0 Å². The predicted octanol–water partition coefficient (Wildman–Crippen LogP) is 2.64. The summed E-state index contributed by atoms with van der Waals surface area (Å²) in [4.78, 5) is 12.6. The highest BCUT2D eigenvalue weighted by atomic mass is 19.1. The van der Waals surface area contributed by atoms with Crippen molar-refractivity contribution in [2.75, 3.05) is 5.73 Å². The molecule has 0 aliphatic rings. The van der Waals surface area contributed by atoms with Gasteiger partial charge in [0.1, 0.15) is 11.6 Å². The fourth-order valence-corrected chi connectivity index (χ4v) is 2.50. The monoisotopic (exact) mass is 338 g/mol. The summed E-state index contributed by atoms with van der Waals surface area (Å²) in [5, 5.41) is 4.25. The molecule has 3 aromatic heterocycles. The van der Waals surface area contributed by atoms with E-state index >= 15 is 0 Å². The standard InChI is InChI=1S/C17H12F2N6/c18-11-5-3-10(4-6-11)13-9-16-23-15(24-25(16)17(20)22-13)8-14-12(19)2-1-7-21-14/h1-7,9H,8H2,(H2,20,22). The predicted molar refractivity (Wildman–Crippen MR) is 87.6 cm³/mol. The summed E-state index contributed by atoms with van der Waals surface area (Å²) < 4.78 is 28.2. The Morgan fingerprint density at radius 1 is 1.04 bits per heavy atom. The quantitative estimate of drug-likeness (QED) is 0.621. The van der Waals surface area contributed by atoms with Gasteiger partial charge in [0.25, 0.3) is 0 Å². The number of anilines is 1. The van der Waals surface area contributed by atoms with Gasteiger partial charge in [0, 0.05) is 17.8 Å². The molecule has 4 rings (SSSR count). The van der Waals surface area contributed by atoms with Crippen LogP contribution in [0.5, 0.6) is 0 Å². The Morgan fingerprint density at radius 3 is 2.60 bits per heavy atom. The number of hydrogen-bond donors (Lipinski definition) is 1. The van der Waals surface area contributed by atoms with Crippen LogP contribution in [-0.2, 0) is 6.42 Å². The van der Waals surface area contributed by atoms with E-state index in [4.69, 9.17) is 5.73 Å². The fourth-order valence-electron chi connectivity index (χ4n) is 2.50. The molecule has 1 aromatic carbocycles. The molecular weight excluding hydrogens is 326 g/mol. The maximum absolute atomic E-state index is 13.7. The van der Waals surface area contributed by atoms with Gasteiger partial charge in [-0.15, -0.1) is 5.10 Å². The first kappa shape index (κ1) is 15.1. The van der Waals surface area contributed by atoms with Crippen molar-refractivity contribution in [1.29, 1.82) is 0 Å². The van der Waals surface area contributed by atoms with Crippen molar-refractivity contribution in [3.8, 4) is 11.3 Å². The van der Waals surface area contributed by atoms with E-state index in [0.717, 1.165) is 0 Å². The van der Waals surface area contributed by atoms with Crippen molar-refractivity contribution in [2.45, 2.75) is 6.42 Å². The van der Waals surface area contributed by atoms with E-state index in [9.17, 15) is 8.78 Å². The van der Waals surface area contributed by atoms with Crippen LogP contribution in [0.2, 0.25) is 0 Å². The van der Waals surface area contributed by atoms with E-state index in [2.05, 4.69) is 20.1 Å². The highest BCUT2D eigenvalue weighted by Gasteiger charge is 2.13. The fraction of sp³-hybridized carbons (Fsp3) is 0.0588. The molecule has 0 aliphatic heterocycles. The van der Waals surface area contributed by atoms with E-state index < -0.39 is 5.82 Å². The third-order valence-corrected chi connectivity index (χ3v) is 3.69. The van der Waals surface area contributed by atoms with Crippen molar-refractivity contribution in [1.82, 2.24) is 24.6 Å². The first-order valence-corrected chi connectivity index (χ1v) is 7.47. The normalized spacial score (nSPS) is 11.1. The molecule has 0 saturated carbocycles. The second-order valence-electron chi connectivity index (χ2n) is 5.41. The highest BCUT2D eigenvalue weighted by molar-refractivity contribution is 5.65. The van der Waals surface area contributed by atoms with Gasteiger partial charge in [-0.05, 0) is 36.4 Å². The number of pyridine rings is 1. The molecule has 0 bridgehead atoms. The number of hydrogen-bond acceptors (Lipinski definition) is 5. The first-order chi connectivity index (χ1) is 12.1. The van der Waals surface area contributed by atoms with Gasteiger partial charge in [0.15, 0.2) is 11.5 Å². The zero-order chi connectivity index (χ0) is 17.4. The Labute approximate surface area is 141 Å². The number of nitrogen functional groups attached to an aromatic ring is 1. The molecule has 0 radical (unpaired) electrons. The second kappa shape index (κ2) is 5.90. The minimum Gasteiger partial charge on any atom is -0.368 e. The molecule has 124 valence electrons. The van der Waals surface area contributed by atoms with E-state index in [-0.39, 0.29) is 23.9 Å². The van der Waals surface area contributed by atoms with E-state index in [1.54, 1.807) is 18.2 Å². The zero-order valence-electron chi connectivity index (χ0n) is 12.9. The lowest BCUT2D eigenvalue weighted by atomic mass is 10.1. The summed E-state index contributed by atoms with van der Waals surface area (Å²) in [6.45, 7) is 0. The largest absolute Gasteiger partial charge is 0.368 e. The number of fused-ring (bicyclic) bond motifs is 1. The van der Waals surface area contributed by atoms with Gasteiger partial charge >= 0.3 is 0 Å². The Balaban J connectivity index is 1.74. The van der Waals surface area contributed by atoms with Crippen LogP contribution in [0, 0.1) is 11.6 Å². The molecule has 0 unspecified atom stereocenters. The van der Waals surface area contributed by atoms with Crippen LogP contribution in [-0.4, -0.2) is 24.6 Å². The van der Waals surface area contributed by atoms with Crippen LogP contribution < -0.4 is 5.73 Å². The molecule has 0 fully saturated rings. The average Bonchev–Trinajstić information content (AvgIpc) is 3.01. The molecule has 8 heteroatoms. The van der Waals surface area contributed by atoms with E-state index in [1.165, 1.54) is 35.0 Å². The highest BCUT2D eigenvalue weighted by Crippen LogP contribution is 2.21. The van der Waals surface area contributed by atoms with Crippen LogP contribution in [0.1, 0.15) is 11.5 Å². The van der Waals surface area contributed by atoms with Gasteiger partial charge in [0.2, 0.25) is 5.95 Å². The summed E-state index contributed by atoms with van der Waals surface area (Å²) in [6.07, 6.45) is 1.65. The van der Waals surface area contributed by atoms with Gasteiger partial charge in [-0.2, -0.15) is 4.52 Å². The van der Waals surface area contributed by atoms with Crippen molar-refractivity contribution < 1.29 is 8.78 Å². The SMILES string of the molecule is Nc1nc(-c2ccc(F)cc2)cc2nc(Cc3ncccc3F)nn12. The summed E-state index contributed by atoms with van der Waals surface area (Å²) in [6, 6.07) is 10.4. The minimum absolute atomic E-state index is 0.136. The van der Waals surface area contributed by atoms with Crippen LogP contribution >= 0.6 is 0 Å². The molecule has 25 heavy (non-hydrogen) atoms. The molecule has 2 N–H and O–H groups in total. The molecule has 0 saturated heterocycles. The number of benzene rings is 1. The third kappa shape index (κ3) is 2.89. The van der Waals surface area contributed by atoms with Gasteiger partial charge in [-0.25, -0.2) is 18.7 Å². The maximum Gasteiger partial charge on any atom is 0.223 e. The molecule has 4 aromatic rings. The summed E-state index contributed by atoms with van der Waals surface area (Å²) in [7, 11) is 0. The smallest absolute Gasteiger partial charge is 0.223 e. The van der Waals surface area contributed by atoms with E-state index in [0.29, 0.717) is 22.7 Å². The minimum atomic E-state index is -0.417. The van der Waals surface area contributed by atoms with Gasteiger partial charge < -0.3 is 5.73 Å². The number of nitrogens with zero attached hydrogens (tertiary/aromatic N) is 5. The van der Waals surface area contributed by atoms with Crippen LogP contribution in [0.15, 0.2) is 48.7 Å². The summed E-state index contributed by atoms with van der Waals surface area (Å²) >= 11 is 0. The zero-order valence-corrected chi connectivity index (χ0v) is 12.9. The molecule has 0 atom stereocenters. The molecule has 0 amide bonds. The topological polar surface area (TPSA) is 82.0 Å². The molecule has 0 spiro atoms. The van der Waals surface area contributed by atoms with Crippen LogP contribution in [0.4, 0.5) is 14.7 Å². The van der Waals surface area contributed by atoms with Crippen LogP contribution in [0.3, 0.4) is 0 Å². The summed E-state index contributed by atoms with van der Waals surface area (Å²) in [5.74, 6) is -0.237. The van der Waals surface area contributed by atoms with Crippen molar-refractivity contribution in [2.24, 2.45) is 0 Å². The number of halogens is 2. The van der Waals surface area contributed by atoms with Crippen molar-refractivity contribution in [3.63, 3.8) is 0 Å². The number of rotatable bonds is 3. The summed E-state index contributed by atoms with van der Waals surface area (Å²) in [5.41, 5.74) is 7.92. The molecule has 3 heterocycles. The van der Waals surface area contributed by atoms with Crippen molar-refractivity contribution >= 4 is 11.6 Å². The lowest BCUT2D eigenvalue weighted by Gasteiger charge is -2.03. The van der Waals surface area contributed by atoms with Gasteiger partial charge in [-0.3, -0.25) is 4.98 Å². The third-order valence-electron chi connectivity index (χ3n) is 3.69. The number of nitrogens with two attached hydrogens (primary N) is 1. The Hall–Kier alpha value is -3.42. The molecule has 6 nitrogen and oxygen atoms in total. The van der Waals surface area contributed by atoms with Crippen LogP contribution in [0.25, 0.3) is 16.9 Å². The lowest BCUT2D eigenvalue weighted by Crippen LogP contribution is -2.03. The second-order valence-corrected chi connectivity index (χ2v) is 5.41. The molecular formula is C17H12F2N6. The Bertz CT molecular complexity index is 1060. The average molecular weight is 338 g/mol. The Kier molecular flexibility index (Phi) is 3.57.